The molecule has 4 saturated carbocycles. The van der Waals surface area contributed by atoms with E-state index in [1.54, 1.807) is 0 Å². The van der Waals surface area contributed by atoms with E-state index in [0.29, 0.717) is 17.9 Å². The van der Waals surface area contributed by atoms with Crippen LogP contribution in [0.15, 0.2) is 0 Å². The summed E-state index contributed by atoms with van der Waals surface area (Å²) >= 11 is 0. The summed E-state index contributed by atoms with van der Waals surface area (Å²) in [5.41, 5.74) is 0. The van der Waals surface area contributed by atoms with Gasteiger partial charge in [0.2, 0.25) is 5.91 Å². The summed E-state index contributed by atoms with van der Waals surface area (Å²) in [5.74, 6) is 3.69. The van der Waals surface area contributed by atoms with Crippen LogP contribution in [0.3, 0.4) is 0 Å². The highest BCUT2D eigenvalue weighted by Gasteiger charge is 2.50. The SMILES string of the molecule is O=C(C1CC2CC2C1)N(CC1CC1)C1CC1. The Kier molecular flexibility index (Phi) is 1.92. The summed E-state index contributed by atoms with van der Waals surface area (Å²) in [6.07, 6.45) is 9.15. The first-order chi connectivity index (χ1) is 7.81. The van der Waals surface area contributed by atoms with Gasteiger partial charge < -0.3 is 4.90 Å². The fourth-order valence-corrected chi connectivity index (χ4v) is 3.53. The molecule has 0 heterocycles. The molecule has 88 valence electrons. The largest absolute Gasteiger partial charge is 0.339 e. The summed E-state index contributed by atoms with van der Waals surface area (Å²) in [7, 11) is 0. The van der Waals surface area contributed by atoms with Gasteiger partial charge in [-0.2, -0.15) is 0 Å². The lowest BCUT2D eigenvalue weighted by Gasteiger charge is -2.26. The van der Waals surface area contributed by atoms with Gasteiger partial charge in [-0.1, -0.05) is 0 Å². The van der Waals surface area contributed by atoms with Gasteiger partial charge >= 0.3 is 0 Å². The zero-order valence-electron chi connectivity index (χ0n) is 9.90. The first-order valence-electron chi connectivity index (χ1n) is 7.11. The minimum Gasteiger partial charge on any atom is -0.339 e. The monoisotopic (exact) mass is 219 g/mol. The zero-order chi connectivity index (χ0) is 10.7. The Balaban J connectivity index is 1.42. The lowest BCUT2D eigenvalue weighted by molar-refractivity contribution is -0.136. The maximum Gasteiger partial charge on any atom is 0.225 e. The second-order valence-corrected chi connectivity index (χ2v) is 6.59. The summed E-state index contributed by atoms with van der Waals surface area (Å²) in [6, 6.07) is 0.644. The lowest BCUT2D eigenvalue weighted by atomic mass is 10.0. The van der Waals surface area contributed by atoms with E-state index in [1.165, 1.54) is 44.9 Å². The summed E-state index contributed by atoms with van der Waals surface area (Å²) in [6.45, 7) is 1.09. The Bertz CT molecular complexity index is 309. The minimum atomic E-state index is 0.420. The van der Waals surface area contributed by atoms with E-state index in [1.807, 2.05) is 0 Å². The third-order valence-corrected chi connectivity index (χ3v) is 5.02. The Morgan fingerprint density at radius 3 is 2.25 bits per heavy atom. The molecule has 0 N–H and O–H groups in total. The van der Waals surface area contributed by atoms with Crippen LogP contribution in [0.2, 0.25) is 0 Å². The highest BCUT2D eigenvalue weighted by Crippen LogP contribution is 2.55. The van der Waals surface area contributed by atoms with E-state index >= 15 is 0 Å². The second-order valence-electron chi connectivity index (χ2n) is 6.59. The predicted octanol–water partition coefficient (Wildman–Crippen LogP) is 2.43. The topological polar surface area (TPSA) is 20.3 Å². The van der Waals surface area contributed by atoms with Gasteiger partial charge in [-0.05, 0) is 62.7 Å². The zero-order valence-corrected chi connectivity index (χ0v) is 9.90. The van der Waals surface area contributed by atoms with Gasteiger partial charge in [-0.15, -0.1) is 0 Å². The molecule has 0 aromatic heterocycles. The molecule has 0 saturated heterocycles. The van der Waals surface area contributed by atoms with Gasteiger partial charge in [0.15, 0.2) is 0 Å². The predicted molar refractivity (Wildman–Crippen MR) is 61.8 cm³/mol. The summed E-state index contributed by atoms with van der Waals surface area (Å²) in [5, 5.41) is 0. The van der Waals surface area contributed by atoms with Gasteiger partial charge in [0.25, 0.3) is 0 Å². The van der Waals surface area contributed by atoms with Crippen molar-refractivity contribution in [3.05, 3.63) is 0 Å². The molecule has 0 spiro atoms. The van der Waals surface area contributed by atoms with Gasteiger partial charge in [0.05, 0.1) is 0 Å². The van der Waals surface area contributed by atoms with Crippen molar-refractivity contribution in [3.63, 3.8) is 0 Å². The molecule has 0 aliphatic heterocycles. The third-order valence-electron chi connectivity index (χ3n) is 5.02. The highest BCUT2D eigenvalue weighted by atomic mass is 16.2. The second kappa shape index (κ2) is 3.24. The molecule has 4 aliphatic carbocycles. The fraction of sp³-hybridized carbons (Fsp3) is 0.929. The van der Waals surface area contributed by atoms with Crippen molar-refractivity contribution in [3.8, 4) is 0 Å². The maximum atomic E-state index is 12.5. The Labute approximate surface area is 97.4 Å². The number of carbonyl (C=O) groups is 1. The highest BCUT2D eigenvalue weighted by molar-refractivity contribution is 5.80. The van der Waals surface area contributed by atoms with E-state index < -0.39 is 0 Å². The molecule has 4 fully saturated rings. The van der Waals surface area contributed by atoms with Crippen molar-refractivity contribution < 1.29 is 4.79 Å². The molecule has 4 aliphatic rings. The van der Waals surface area contributed by atoms with E-state index in [9.17, 15) is 4.79 Å². The number of carbonyl (C=O) groups excluding carboxylic acids is 1. The molecular weight excluding hydrogens is 198 g/mol. The Morgan fingerprint density at radius 2 is 1.69 bits per heavy atom. The molecule has 2 nitrogen and oxygen atoms in total. The quantitative estimate of drug-likeness (QED) is 0.711. The first-order valence-corrected chi connectivity index (χ1v) is 7.11. The van der Waals surface area contributed by atoms with E-state index in [0.717, 1.165) is 24.3 Å². The molecule has 0 radical (unpaired) electrons. The summed E-state index contributed by atoms with van der Waals surface area (Å²) < 4.78 is 0. The molecule has 0 aromatic carbocycles. The van der Waals surface area contributed by atoms with Crippen molar-refractivity contribution in [2.24, 2.45) is 23.7 Å². The van der Waals surface area contributed by atoms with Crippen LogP contribution >= 0.6 is 0 Å². The minimum absolute atomic E-state index is 0.420. The number of fused-ring (bicyclic) bond motifs is 1. The van der Waals surface area contributed by atoms with Gasteiger partial charge in [0, 0.05) is 18.5 Å². The Hall–Kier alpha value is -0.530. The molecule has 2 atom stereocenters. The van der Waals surface area contributed by atoms with E-state index in [2.05, 4.69) is 4.90 Å². The molecule has 16 heavy (non-hydrogen) atoms. The van der Waals surface area contributed by atoms with Crippen LogP contribution in [0, 0.1) is 23.7 Å². The average molecular weight is 219 g/mol. The van der Waals surface area contributed by atoms with Gasteiger partial charge in [0.1, 0.15) is 0 Å². The Morgan fingerprint density at radius 1 is 1.00 bits per heavy atom. The van der Waals surface area contributed by atoms with Gasteiger partial charge in [-0.3, -0.25) is 4.79 Å². The molecule has 2 unspecified atom stereocenters. The van der Waals surface area contributed by atoms with Crippen molar-refractivity contribution in [1.29, 1.82) is 0 Å². The van der Waals surface area contributed by atoms with E-state index in [4.69, 9.17) is 0 Å². The summed E-state index contributed by atoms with van der Waals surface area (Å²) in [4.78, 5) is 14.8. The average Bonchev–Trinajstić information content (AvgIpc) is 3.14. The molecule has 2 heteroatoms. The molecule has 0 bridgehead atoms. The van der Waals surface area contributed by atoms with Crippen LogP contribution in [0.25, 0.3) is 0 Å². The van der Waals surface area contributed by atoms with Crippen LogP contribution < -0.4 is 0 Å². The maximum absolute atomic E-state index is 12.5. The van der Waals surface area contributed by atoms with Crippen LogP contribution in [0.4, 0.5) is 0 Å². The van der Waals surface area contributed by atoms with Crippen molar-refractivity contribution in [1.82, 2.24) is 4.90 Å². The first kappa shape index (κ1) is 9.49. The van der Waals surface area contributed by atoms with Crippen LogP contribution in [-0.4, -0.2) is 23.4 Å². The fourth-order valence-electron chi connectivity index (χ4n) is 3.53. The normalized spacial score (nSPS) is 40.6. The number of amides is 1. The lowest BCUT2D eigenvalue weighted by Crippen LogP contribution is -2.39. The standard InChI is InChI=1S/C14H21NO/c16-14(12-6-10-5-11(10)7-12)15(13-3-4-13)8-9-1-2-9/h9-13H,1-8H2. The third kappa shape index (κ3) is 1.66. The number of nitrogens with zero attached hydrogens (tertiary/aromatic N) is 1. The smallest absolute Gasteiger partial charge is 0.225 e. The van der Waals surface area contributed by atoms with Crippen molar-refractivity contribution in [2.75, 3.05) is 6.54 Å². The van der Waals surface area contributed by atoms with E-state index in [-0.39, 0.29) is 0 Å². The molecule has 1 amide bonds. The van der Waals surface area contributed by atoms with Crippen LogP contribution in [-0.2, 0) is 4.79 Å². The van der Waals surface area contributed by atoms with Crippen molar-refractivity contribution >= 4 is 5.91 Å². The van der Waals surface area contributed by atoms with Gasteiger partial charge in [-0.25, -0.2) is 0 Å². The molecule has 4 rings (SSSR count). The van der Waals surface area contributed by atoms with Crippen LogP contribution in [0.1, 0.15) is 44.9 Å². The van der Waals surface area contributed by atoms with Crippen LogP contribution in [0.5, 0.6) is 0 Å². The molecular formula is C14H21NO. The van der Waals surface area contributed by atoms with Crippen molar-refractivity contribution in [2.45, 2.75) is 51.0 Å². The number of rotatable bonds is 4. The molecule has 0 aromatic rings. The number of hydrogen-bond acceptors (Lipinski definition) is 1. The number of hydrogen-bond donors (Lipinski definition) is 0.